The van der Waals surface area contributed by atoms with Gasteiger partial charge in [-0.1, -0.05) is 57.4 Å². The first-order valence-corrected chi connectivity index (χ1v) is 9.16. The van der Waals surface area contributed by atoms with Crippen LogP contribution >= 0.6 is 0 Å². The molecule has 0 aliphatic carbocycles. The SMILES string of the molecule is C=CCCCCCCCCCCC[C@H](O)C[C@H](O)COC(C)=O. The van der Waals surface area contributed by atoms with Crippen molar-refractivity contribution in [3.8, 4) is 0 Å². The fourth-order valence-corrected chi connectivity index (χ4v) is 2.62. The Labute approximate surface area is 141 Å². The molecule has 0 amide bonds. The zero-order chi connectivity index (χ0) is 17.3. The van der Waals surface area contributed by atoms with Crippen LogP contribution in [0.1, 0.15) is 84.0 Å². The van der Waals surface area contributed by atoms with Gasteiger partial charge in [0.15, 0.2) is 0 Å². The molecule has 0 aliphatic heterocycles. The van der Waals surface area contributed by atoms with Crippen LogP contribution < -0.4 is 0 Å². The Hall–Kier alpha value is -0.870. The molecular weight excluding hydrogens is 292 g/mol. The van der Waals surface area contributed by atoms with Crippen molar-refractivity contribution >= 4 is 5.97 Å². The van der Waals surface area contributed by atoms with Crippen molar-refractivity contribution < 1.29 is 19.7 Å². The van der Waals surface area contributed by atoms with Gasteiger partial charge in [0.2, 0.25) is 0 Å². The first kappa shape index (κ1) is 22.1. The van der Waals surface area contributed by atoms with Gasteiger partial charge in [-0.2, -0.15) is 0 Å². The van der Waals surface area contributed by atoms with Gasteiger partial charge in [0.25, 0.3) is 0 Å². The maximum atomic E-state index is 10.6. The Morgan fingerprint density at radius 3 is 2.00 bits per heavy atom. The molecule has 0 aromatic heterocycles. The monoisotopic (exact) mass is 328 g/mol. The Bertz CT molecular complexity index is 291. The fraction of sp³-hybridized carbons (Fsp3) is 0.842. The van der Waals surface area contributed by atoms with Gasteiger partial charge in [0.1, 0.15) is 6.61 Å². The van der Waals surface area contributed by atoms with E-state index in [2.05, 4.69) is 6.58 Å². The van der Waals surface area contributed by atoms with Crippen molar-refractivity contribution in [3.05, 3.63) is 12.7 Å². The number of aliphatic hydroxyl groups is 2. The van der Waals surface area contributed by atoms with E-state index in [1.165, 1.54) is 51.9 Å². The Morgan fingerprint density at radius 2 is 1.48 bits per heavy atom. The summed E-state index contributed by atoms with van der Waals surface area (Å²) >= 11 is 0. The van der Waals surface area contributed by atoms with Gasteiger partial charge in [-0.15, -0.1) is 6.58 Å². The third-order valence-corrected chi connectivity index (χ3v) is 3.97. The van der Waals surface area contributed by atoms with Gasteiger partial charge in [0.05, 0.1) is 12.2 Å². The topological polar surface area (TPSA) is 66.8 Å². The van der Waals surface area contributed by atoms with Crippen LogP contribution in [0.4, 0.5) is 0 Å². The molecule has 0 aliphatic rings. The number of allylic oxidation sites excluding steroid dienone is 1. The predicted octanol–water partition coefficient (Wildman–Crippen LogP) is 4.14. The maximum absolute atomic E-state index is 10.6. The third kappa shape index (κ3) is 17.3. The number of carbonyl (C=O) groups excluding carboxylic acids is 1. The molecule has 0 saturated carbocycles. The number of ether oxygens (including phenoxy) is 1. The van der Waals surface area contributed by atoms with Crippen molar-refractivity contribution in [3.63, 3.8) is 0 Å². The molecule has 4 heteroatoms. The van der Waals surface area contributed by atoms with Crippen LogP contribution in [0.5, 0.6) is 0 Å². The van der Waals surface area contributed by atoms with Gasteiger partial charge in [-0.25, -0.2) is 0 Å². The maximum Gasteiger partial charge on any atom is 0.302 e. The highest BCUT2D eigenvalue weighted by molar-refractivity contribution is 5.65. The number of hydrogen-bond acceptors (Lipinski definition) is 4. The molecule has 0 bridgehead atoms. The number of aliphatic hydroxyl groups excluding tert-OH is 2. The molecule has 0 saturated heterocycles. The largest absolute Gasteiger partial charge is 0.463 e. The zero-order valence-electron chi connectivity index (χ0n) is 14.8. The minimum absolute atomic E-state index is 0.0286. The molecule has 0 aromatic rings. The fourth-order valence-electron chi connectivity index (χ4n) is 2.62. The molecule has 0 radical (unpaired) electrons. The first-order valence-electron chi connectivity index (χ1n) is 9.16. The average Bonchev–Trinajstić information content (AvgIpc) is 2.50. The van der Waals surface area contributed by atoms with Crippen LogP contribution in [0.2, 0.25) is 0 Å². The second-order valence-corrected chi connectivity index (χ2v) is 6.39. The molecule has 2 N–H and O–H groups in total. The summed E-state index contributed by atoms with van der Waals surface area (Å²) in [6.45, 7) is 5.01. The van der Waals surface area contributed by atoms with Crippen LogP contribution in [-0.2, 0) is 9.53 Å². The highest BCUT2D eigenvalue weighted by Gasteiger charge is 2.12. The average molecular weight is 328 g/mol. The van der Waals surface area contributed by atoms with Crippen LogP contribution in [0.25, 0.3) is 0 Å². The summed E-state index contributed by atoms with van der Waals surface area (Å²) in [4.78, 5) is 10.6. The molecule has 2 atom stereocenters. The van der Waals surface area contributed by atoms with E-state index in [0.717, 1.165) is 19.3 Å². The predicted molar refractivity (Wildman–Crippen MR) is 94.2 cm³/mol. The van der Waals surface area contributed by atoms with Crippen LogP contribution in [0.3, 0.4) is 0 Å². The van der Waals surface area contributed by atoms with Crippen molar-refractivity contribution in [1.82, 2.24) is 0 Å². The van der Waals surface area contributed by atoms with E-state index in [1.54, 1.807) is 0 Å². The molecule has 4 nitrogen and oxygen atoms in total. The minimum atomic E-state index is -0.769. The smallest absolute Gasteiger partial charge is 0.302 e. The number of rotatable bonds is 16. The van der Waals surface area contributed by atoms with Gasteiger partial charge in [0, 0.05) is 13.3 Å². The van der Waals surface area contributed by atoms with Crippen LogP contribution in [0.15, 0.2) is 12.7 Å². The lowest BCUT2D eigenvalue weighted by molar-refractivity contribution is -0.144. The second kappa shape index (κ2) is 16.0. The van der Waals surface area contributed by atoms with Crippen LogP contribution in [0, 0.1) is 0 Å². The number of esters is 1. The highest BCUT2D eigenvalue weighted by atomic mass is 16.5. The molecular formula is C19H36O4. The molecule has 0 heterocycles. The van der Waals surface area contributed by atoms with Crippen molar-refractivity contribution in [2.24, 2.45) is 0 Å². The van der Waals surface area contributed by atoms with E-state index in [0.29, 0.717) is 6.42 Å². The van der Waals surface area contributed by atoms with E-state index < -0.39 is 18.2 Å². The Balaban J connectivity index is 3.30. The summed E-state index contributed by atoms with van der Waals surface area (Å²) in [7, 11) is 0. The molecule has 23 heavy (non-hydrogen) atoms. The third-order valence-electron chi connectivity index (χ3n) is 3.97. The first-order chi connectivity index (χ1) is 11.1. The van der Waals surface area contributed by atoms with Crippen molar-refractivity contribution in [2.75, 3.05) is 6.61 Å². The van der Waals surface area contributed by atoms with E-state index in [-0.39, 0.29) is 13.0 Å². The zero-order valence-corrected chi connectivity index (χ0v) is 14.8. The minimum Gasteiger partial charge on any atom is -0.463 e. The molecule has 0 rings (SSSR count). The van der Waals surface area contributed by atoms with Gasteiger partial charge in [-0.3, -0.25) is 4.79 Å². The lowest BCUT2D eigenvalue weighted by Crippen LogP contribution is -2.23. The normalized spacial score (nSPS) is 13.5. The van der Waals surface area contributed by atoms with E-state index in [4.69, 9.17) is 4.74 Å². The van der Waals surface area contributed by atoms with Crippen molar-refractivity contribution in [2.45, 2.75) is 96.2 Å². The van der Waals surface area contributed by atoms with Crippen LogP contribution in [-0.4, -0.2) is 35.0 Å². The summed E-state index contributed by atoms with van der Waals surface area (Å²) in [6, 6.07) is 0. The molecule has 0 fully saturated rings. The summed E-state index contributed by atoms with van der Waals surface area (Å²) in [6.07, 6.45) is 14.0. The Kier molecular flexibility index (Phi) is 15.4. The van der Waals surface area contributed by atoms with E-state index >= 15 is 0 Å². The number of unbranched alkanes of at least 4 members (excludes halogenated alkanes) is 9. The standard InChI is InChI=1S/C19H36O4/c1-3-4-5-6-7-8-9-10-11-12-13-14-18(21)15-19(22)16-23-17(2)20/h3,18-19,21-22H,1,4-16H2,2H3/t18-,19-/m0/s1. The van der Waals surface area contributed by atoms with E-state index in [1.807, 2.05) is 6.08 Å². The summed E-state index contributed by atoms with van der Waals surface area (Å²) in [5.41, 5.74) is 0. The van der Waals surface area contributed by atoms with Gasteiger partial charge < -0.3 is 14.9 Å². The molecule has 0 spiro atoms. The number of hydrogen-bond donors (Lipinski definition) is 2. The van der Waals surface area contributed by atoms with Gasteiger partial charge >= 0.3 is 5.97 Å². The summed E-state index contributed by atoms with van der Waals surface area (Å²) in [5.74, 6) is -0.403. The van der Waals surface area contributed by atoms with Gasteiger partial charge in [-0.05, 0) is 19.3 Å². The summed E-state index contributed by atoms with van der Waals surface area (Å²) in [5, 5.41) is 19.4. The number of carbonyl (C=O) groups is 1. The highest BCUT2D eigenvalue weighted by Crippen LogP contribution is 2.13. The lowest BCUT2D eigenvalue weighted by Gasteiger charge is -2.15. The molecule has 0 aromatic carbocycles. The molecule has 136 valence electrons. The summed E-state index contributed by atoms with van der Waals surface area (Å²) < 4.78 is 4.71. The Morgan fingerprint density at radius 1 is 0.957 bits per heavy atom. The van der Waals surface area contributed by atoms with E-state index in [9.17, 15) is 15.0 Å². The van der Waals surface area contributed by atoms with Crippen molar-refractivity contribution in [1.29, 1.82) is 0 Å². The lowest BCUT2D eigenvalue weighted by atomic mass is 10.0. The quantitative estimate of drug-likeness (QED) is 0.254. The second-order valence-electron chi connectivity index (χ2n) is 6.39. The molecule has 0 unspecified atom stereocenters.